The fourth-order valence-corrected chi connectivity index (χ4v) is 5.02. The number of amides is 1. The number of ether oxygens (including phenoxy) is 1. The summed E-state index contributed by atoms with van der Waals surface area (Å²) < 4.78 is 12.1. The van der Waals surface area contributed by atoms with Crippen LogP contribution in [0.1, 0.15) is 42.6 Å². The van der Waals surface area contributed by atoms with E-state index in [9.17, 15) is 10.1 Å². The van der Waals surface area contributed by atoms with Crippen molar-refractivity contribution in [2.45, 2.75) is 44.9 Å². The van der Waals surface area contributed by atoms with E-state index in [2.05, 4.69) is 30.2 Å². The van der Waals surface area contributed by atoms with Crippen molar-refractivity contribution in [2.24, 2.45) is 0 Å². The van der Waals surface area contributed by atoms with E-state index >= 15 is 0 Å². The maximum Gasteiger partial charge on any atom is 0.253 e. The van der Waals surface area contributed by atoms with Gasteiger partial charge in [0.15, 0.2) is 5.58 Å². The number of aromatic nitrogens is 1. The highest BCUT2D eigenvalue weighted by Gasteiger charge is 2.25. The maximum absolute atomic E-state index is 12.2. The smallest absolute Gasteiger partial charge is 0.253 e. The molecule has 1 aliphatic heterocycles. The molecule has 1 amide bonds. The first-order chi connectivity index (χ1) is 17.8. The van der Waals surface area contributed by atoms with Crippen molar-refractivity contribution in [1.82, 2.24) is 9.88 Å². The molecule has 3 heterocycles. The number of furan rings is 1. The topological polar surface area (TPSA) is 91.4 Å². The van der Waals surface area contributed by atoms with E-state index in [4.69, 9.17) is 9.15 Å². The van der Waals surface area contributed by atoms with E-state index in [0.717, 1.165) is 40.7 Å². The van der Waals surface area contributed by atoms with Crippen LogP contribution in [0.15, 0.2) is 65.2 Å². The van der Waals surface area contributed by atoms with Crippen LogP contribution in [0.2, 0.25) is 0 Å². The normalized spacial score (nSPS) is 19.4. The van der Waals surface area contributed by atoms with Gasteiger partial charge in [-0.3, -0.25) is 9.78 Å². The van der Waals surface area contributed by atoms with Gasteiger partial charge in [-0.1, -0.05) is 18.2 Å². The Bertz CT molecular complexity index is 1470. The molecule has 0 aliphatic carbocycles. The Morgan fingerprint density at radius 2 is 1.73 bits per heavy atom. The molecule has 0 bridgehead atoms. The van der Waals surface area contributed by atoms with Crippen LogP contribution in [-0.2, 0) is 4.74 Å². The molecule has 7 nitrogen and oxygen atoms in total. The minimum atomic E-state index is -0.0489. The number of benzene rings is 2. The Labute approximate surface area is 216 Å². The van der Waals surface area contributed by atoms with Crippen LogP contribution in [0.25, 0.3) is 33.6 Å². The molecule has 4 aromatic rings. The maximum atomic E-state index is 12.2. The lowest BCUT2D eigenvalue weighted by Gasteiger charge is -2.33. The summed E-state index contributed by atoms with van der Waals surface area (Å²) in [5.74, 6) is 0.618. The molecule has 2 unspecified atom stereocenters. The predicted octanol–water partition coefficient (Wildman–Crippen LogP) is 6.10. The molecule has 7 heteroatoms. The number of hydrogen-bond donors (Lipinski definition) is 1. The summed E-state index contributed by atoms with van der Waals surface area (Å²) in [5.41, 5.74) is 6.03. The number of anilines is 1. The lowest BCUT2D eigenvalue weighted by molar-refractivity contribution is -0.0337. The largest absolute Gasteiger partial charge is 0.454 e. The van der Waals surface area contributed by atoms with Gasteiger partial charge >= 0.3 is 0 Å². The highest BCUT2D eigenvalue weighted by molar-refractivity contribution is 5.95. The van der Waals surface area contributed by atoms with Gasteiger partial charge in [0.1, 0.15) is 17.3 Å². The molecule has 2 atom stereocenters. The second-order valence-electron chi connectivity index (χ2n) is 9.90. The number of nitrogens with one attached hydrogen (secondary N) is 1. The third kappa shape index (κ3) is 5.07. The van der Waals surface area contributed by atoms with Crippen LogP contribution in [0.5, 0.6) is 0 Å². The SMILES string of the molecule is CC1CC(Nc2ccc(-c3ccnc4cc(-c5ccc(C(=O)N(C)C)cc5)oc34)cc2C#N)CC(C)O1. The Hall–Kier alpha value is -4.15. The summed E-state index contributed by atoms with van der Waals surface area (Å²) >= 11 is 0. The van der Waals surface area contributed by atoms with E-state index in [1.165, 1.54) is 0 Å². The highest BCUT2D eigenvalue weighted by Crippen LogP contribution is 2.35. The second-order valence-corrected chi connectivity index (χ2v) is 9.90. The molecule has 0 spiro atoms. The number of carbonyl (C=O) groups is 1. The average Bonchev–Trinajstić information content (AvgIpc) is 3.32. The van der Waals surface area contributed by atoms with Gasteiger partial charge in [-0.05, 0) is 62.6 Å². The van der Waals surface area contributed by atoms with E-state index in [1.54, 1.807) is 37.3 Å². The first-order valence-electron chi connectivity index (χ1n) is 12.5. The lowest BCUT2D eigenvalue weighted by atomic mass is 9.98. The molecule has 0 saturated carbocycles. The lowest BCUT2D eigenvalue weighted by Crippen LogP contribution is -2.37. The zero-order chi connectivity index (χ0) is 26.1. The van der Waals surface area contributed by atoms with Gasteiger partial charge in [0.2, 0.25) is 0 Å². The van der Waals surface area contributed by atoms with Crippen molar-refractivity contribution < 1.29 is 13.9 Å². The zero-order valence-corrected chi connectivity index (χ0v) is 21.5. The first-order valence-corrected chi connectivity index (χ1v) is 12.5. The molecule has 1 fully saturated rings. The summed E-state index contributed by atoms with van der Waals surface area (Å²) in [7, 11) is 3.46. The van der Waals surface area contributed by atoms with Crippen LogP contribution in [0, 0.1) is 11.3 Å². The molecule has 0 radical (unpaired) electrons. The van der Waals surface area contributed by atoms with Crippen LogP contribution in [-0.4, -0.2) is 48.1 Å². The van der Waals surface area contributed by atoms with Crippen molar-refractivity contribution in [3.8, 4) is 28.5 Å². The van der Waals surface area contributed by atoms with Crippen molar-refractivity contribution in [2.75, 3.05) is 19.4 Å². The van der Waals surface area contributed by atoms with Crippen LogP contribution in [0.4, 0.5) is 5.69 Å². The highest BCUT2D eigenvalue weighted by atomic mass is 16.5. The summed E-state index contributed by atoms with van der Waals surface area (Å²) in [4.78, 5) is 18.3. The molecular formula is C30H30N4O3. The van der Waals surface area contributed by atoms with Gasteiger partial charge in [0.05, 0.1) is 23.5 Å². The molecule has 2 aromatic heterocycles. The van der Waals surface area contributed by atoms with Crippen molar-refractivity contribution in [1.29, 1.82) is 5.26 Å². The molecular weight excluding hydrogens is 464 g/mol. The van der Waals surface area contributed by atoms with Crippen LogP contribution >= 0.6 is 0 Å². The Morgan fingerprint density at radius 3 is 2.41 bits per heavy atom. The average molecular weight is 495 g/mol. The quantitative estimate of drug-likeness (QED) is 0.360. The number of pyridine rings is 1. The molecule has 1 aliphatic rings. The van der Waals surface area contributed by atoms with Gasteiger partial charge in [0.25, 0.3) is 5.91 Å². The molecule has 37 heavy (non-hydrogen) atoms. The fourth-order valence-electron chi connectivity index (χ4n) is 5.02. The monoisotopic (exact) mass is 494 g/mol. The predicted molar refractivity (Wildman–Crippen MR) is 144 cm³/mol. The number of rotatable bonds is 5. The van der Waals surface area contributed by atoms with E-state index < -0.39 is 0 Å². The third-order valence-corrected chi connectivity index (χ3v) is 6.74. The van der Waals surface area contributed by atoms with Crippen molar-refractivity contribution in [3.05, 3.63) is 71.9 Å². The fraction of sp³-hybridized carbons (Fsp3) is 0.300. The molecule has 1 N–H and O–H groups in total. The Morgan fingerprint density at radius 1 is 1.03 bits per heavy atom. The minimum Gasteiger partial charge on any atom is -0.454 e. The van der Waals surface area contributed by atoms with Gasteiger partial charge in [0, 0.05) is 49.1 Å². The van der Waals surface area contributed by atoms with Crippen LogP contribution in [0.3, 0.4) is 0 Å². The van der Waals surface area contributed by atoms with E-state index in [1.807, 2.05) is 42.5 Å². The molecule has 2 aromatic carbocycles. The first kappa shape index (κ1) is 24.5. The summed E-state index contributed by atoms with van der Waals surface area (Å²) in [6.07, 6.45) is 3.93. The van der Waals surface area contributed by atoms with Gasteiger partial charge in [-0.2, -0.15) is 5.26 Å². The molecule has 188 valence electrons. The number of hydrogen-bond acceptors (Lipinski definition) is 6. The van der Waals surface area contributed by atoms with Gasteiger partial charge in [-0.15, -0.1) is 0 Å². The van der Waals surface area contributed by atoms with Gasteiger partial charge in [-0.25, -0.2) is 0 Å². The number of carbonyl (C=O) groups excluding carboxylic acids is 1. The zero-order valence-electron chi connectivity index (χ0n) is 21.5. The van der Waals surface area contributed by atoms with Crippen molar-refractivity contribution in [3.63, 3.8) is 0 Å². The number of nitriles is 1. The summed E-state index contributed by atoms with van der Waals surface area (Å²) in [6.45, 7) is 4.17. The van der Waals surface area contributed by atoms with Gasteiger partial charge < -0.3 is 19.4 Å². The summed E-state index contributed by atoms with van der Waals surface area (Å²) in [6, 6.07) is 19.6. The standard InChI is InChI=1S/C30H30N4O3/c1-18-13-24(14-19(2)36-18)33-26-10-9-22(15-23(26)17-31)25-11-12-32-27-16-28(37-29(25)27)20-5-7-21(8-6-20)30(35)34(3)4/h5-12,15-16,18-19,24,33H,13-14H2,1-4H3. The third-order valence-electron chi connectivity index (χ3n) is 6.74. The van der Waals surface area contributed by atoms with Crippen molar-refractivity contribution >= 4 is 22.7 Å². The molecule has 5 rings (SSSR count). The Balaban J connectivity index is 1.45. The summed E-state index contributed by atoms with van der Waals surface area (Å²) in [5, 5.41) is 13.5. The van der Waals surface area contributed by atoms with E-state index in [0.29, 0.717) is 22.5 Å². The minimum absolute atomic E-state index is 0.0489. The Kier molecular flexibility index (Phi) is 6.68. The molecule has 1 saturated heterocycles. The number of nitrogens with zero attached hydrogens (tertiary/aromatic N) is 3. The number of fused-ring (bicyclic) bond motifs is 1. The van der Waals surface area contributed by atoms with Crippen LogP contribution < -0.4 is 5.32 Å². The van der Waals surface area contributed by atoms with E-state index in [-0.39, 0.29) is 24.2 Å². The second kappa shape index (κ2) is 10.1.